The molecule has 25 heavy (non-hydrogen) atoms. The number of rotatable bonds is 6. The Morgan fingerprint density at radius 2 is 1.88 bits per heavy atom. The number of benzene rings is 2. The van der Waals surface area contributed by atoms with Gasteiger partial charge in [-0.25, -0.2) is 4.39 Å². The zero-order valence-corrected chi connectivity index (χ0v) is 15.4. The SMILES string of the molecule is CC(Oc1ccc(F)cc1Br)C(=O)N(C)Cc1ccc(C(N)=O)cc1. The summed E-state index contributed by atoms with van der Waals surface area (Å²) in [6.07, 6.45) is -0.739. The minimum Gasteiger partial charge on any atom is -0.480 e. The second kappa shape index (κ2) is 8.11. The van der Waals surface area contributed by atoms with E-state index in [1.54, 1.807) is 38.2 Å². The molecule has 0 spiro atoms. The summed E-state index contributed by atoms with van der Waals surface area (Å²) in [7, 11) is 1.66. The lowest BCUT2D eigenvalue weighted by atomic mass is 10.1. The van der Waals surface area contributed by atoms with Gasteiger partial charge in [0.25, 0.3) is 5.91 Å². The van der Waals surface area contributed by atoms with Crippen LogP contribution in [-0.4, -0.2) is 29.9 Å². The minimum atomic E-state index is -0.739. The lowest BCUT2D eigenvalue weighted by Gasteiger charge is -2.22. The molecule has 0 saturated heterocycles. The van der Waals surface area contributed by atoms with E-state index in [4.69, 9.17) is 10.5 Å². The molecule has 0 bridgehead atoms. The number of ether oxygens (including phenoxy) is 1. The second-order valence-corrected chi connectivity index (χ2v) is 6.44. The quantitative estimate of drug-likeness (QED) is 0.797. The van der Waals surface area contributed by atoms with Gasteiger partial charge in [0.1, 0.15) is 11.6 Å². The van der Waals surface area contributed by atoms with Crippen LogP contribution >= 0.6 is 15.9 Å². The topological polar surface area (TPSA) is 72.6 Å². The molecule has 1 atom stereocenters. The van der Waals surface area contributed by atoms with E-state index in [-0.39, 0.29) is 5.91 Å². The third-order valence-corrected chi connectivity index (χ3v) is 4.20. The molecule has 2 aromatic rings. The Labute approximate surface area is 153 Å². The molecule has 2 aromatic carbocycles. The third-order valence-electron chi connectivity index (χ3n) is 3.58. The summed E-state index contributed by atoms with van der Waals surface area (Å²) < 4.78 is 19.1. The summed E-state index contributed by atoms with van der Waals surface area (Å²) in [6.45, 7) is 1.99. The molecule has 2 N–H and O–H groups in total. The molecule has 0 aliphatic heterocycles. The van der Waals surface area contributed by atoms with E-state index in [1.807, 2.05) is 0 Å². The number of hydrogen-bond acceptors (Lipinski definition) is 3. The van der Waals surface area contributed by atoms with Crippen LogP contribution in [0.25, 0.3) is 0 Å². The molecule has 2 rings (SSSR count). The van der Waals surface area contributed by atoms with Gasteiger partial charge in [-0.1, -0.05) is 12.1 Å². The van der Waals surface area contributed by atoms with E-state index >= 15 is 0 Å². The van der Waals surface area contributed by atoms with Crippen molar-refractivity contribution >= 4 is 27.7 Å². The monoisotopic (exact) mass is 408 g/mol. The molecular formula is C18H18BrFN2O3. The summed E-state index contributed by atoms with van der Waals surface area (Å²) in [5, 5.41) is 0. The molecule has 0 saturated carbocycles. The molecule has 5 nitrogen and oxygen atoms in total. The van der Waals surface area contributed by atoms with E-state index < -0.39 is 17.8 Å². The molecular weight excluding hydrogens is 391 g/mol. The highest BCUT2D eigenvalue weighted by Crippen LogP contribution is 2.26. The summed E-state index contributed by atoms with van der Waals surface area (Å²) in [4.78, 5) is 25.0. The van der Waals surface area contributed by atoms with Gasteiger partial charge in [0.15, 0.2) is 6.10 Å². The molecule has 0 heterocycles. The van der Waals surface area contributed by atoms with Crippen molar-refractivity contribution in [2.24, 2.45) is 5.73 Å². The maximum atomic E-state index is 13.1. The van der Waals surface area contributed by atoms with Crippen LogP contribution < -0.4 is 10.5 Å². The van der Waals surface area contributed by atoms with Crippen LogP contribution in [0.3, 0.4) is 0 Å². The van der Waals surface area contributed by atoms with Gasteiger partial charge in [-0.2, -0.15) is 0 Å². The Kier molecular flexibility index (Phi) is 6.14. The van der Waals surface area contributed by atoms with Crippen molar-refractivity contribution in [2.45, 2.75) is 19.6 Å². The molecule has 2 amide bonds. The Hall–Kier alpha value is -2.41. The van der Waals surface area contributed by atoms with Crippen LogP contribution in [0.1, 0.15) is 22.8 Å². The highest BCUT2D eigenvalue weighted by Gasteiger charge is 2.20. The fraction of sp³-hybridized carbons (Fsp3) is 0.222. The van der Waals surface area contributed by atoms with Crippen molar-refractivity contribution in [1.82, 2.24) is 4.90 Å². The third kappa shape index (κ3) is 5.03. The molecule has 0 aromatic heterocycles. The van der Waals surface area contributed by atoms with Gasteiger partial charge in [0.2, 0.25) is 5.91 Å². The van der Waals surface area contributed by atoms with Gasteiger partial charge >= 0.3 is 0 Å². The molecule has 0 aliphatic carbocycles. The first kappa shape index (κ1) is 18.9. The zero-order chi connectivity index (χ0) is 18.6. The number of nitrogens with two attached hydrogens (primary N) is 1. The van der Waals surface area contributed by atoms with Crippen LogP contribution in [0.15, 0.2) is 46.9 Å². The number of carbonyl (C=O) groups excluding carboxylic acids is 2. The van der Waals surface area contributed by atoms with Gasteiger partial charge in [0, 0.05) is 19.2 Å². The van der Waals surface area contributed by atoms with Crippen molar-refractivity contribution in [1.29, 1.82) is 0 Å². The average Bonchev–Trinajstić information content (AvgIpc) is 2.57. The molecule has 0 fully saturated rings. The predicted octanol–water partition coefficient (Wildman–Crippen LogP) is 3.11. The smallest absolute Gasteiger partial charge is 0.263 e. The van der Waals surface area contributed by atoms with Crippen LogP contribution in [-0.2, 0) is 11.3 Å². The summed E-state index contributed by atoms with van der Waals surface area (Å²) in [5.41, 5.74) is 6.47. The fourth-order valence-electron chi connectivity index (χ4n) is 2.25. The first-order valence-corrected chi connectivity index (χ1v) is 8.32. The van der Waals surface area contributed by atoms with Crippen molar-refractivity contribution in [2.75, 3.05) is 7.05 Å². The minimum absolute atomic E-state index is 0.227. The van der Waals surface area contributed by atoms with Crippen molar-refractivity contribution in [3.05, 3.63) is 63.9 Å². The van der Waals surface area contributed by atoms with Crippen LogP contribution in [0.5, 0.6) is 5.75 Å². The number of carbonyl (C=O) groups is 2. The molecule has 0 radical (unpaired) electrons. The van der Waals surface area contributed by atoms with Gasteiger partial charge in [-0.3, -0.25) is 9.59 Å². The number of primary amides is 1. The first-order chi connectivity index (χ1) is 11.8. The lowest BCUT2D eigenvalue weighted by Crippen LogP contribution is -2.37. The van der Waals surface area contributed by atoms with E-state index in [0.717, 1.165) is 5.56 Å². The van der Waals surface area contributed by atoms with Crippen LogP contribution in [0.2, 0.25) is 0 Å². The zero-order valence-electron chi connectivity index (χ0n) is 13.8. The van der Waals surface area contributed by atoms with Crippen LogP contribution in [0.4, 0.5) is 4.39 Å². The number of halogens is 2. The maximum absolute atomic E-state index is 13.1. The van der Waals surface area contributed by atoms with Crippen molar-refractivity contribution < 1.29 is 18.7 Å². The van der Waals surface area contributed by atoms with Gasteiger partial charge in [0.05, 0.1) is 4.47 Å². The fourth-order valence-corrected chi connectivity index (χ4v) is 2.69. The van der Waals surface area contributed by atoms with E-state index in [1.165, 1.54) is 23.1 Å². The Bertz CT molecular complexity index is 780. The lowest BCUT2D eigenvalue weighted by molar-refractivity contribution is -0.137. The molecule has 7 heteroatoms. The molecule has 1 unspecified atom stereocenters. The number of nitrogens with zero attached hydrogens (tertiary/aromatic N) is 1. The number of amides is 2. The van der Waals surface area contributed by atoms with E-state index in [2.05, 4.69) is 15.9 Å². The first-order valence-electron chi connectivity index (χ1n) is 7.53. The van der Waals surface area contributed by atoms with Crippen molar-refractivity contribution in [3.63, 3.8) is 0 Å². The van der Waals surface area contributed by atoms with Crippen LogP contribution in [0, 0.1) is 5.82 Å². The second-order valence-electron chi connectivity index (χ2n) is 5.59. The summed E-state index contributed by atoms with van der Waals surface area (Å²) in [5.74, 6) is -0.728. The standard InChI is InChI=1S/C18H18BrFN2O3/c1-11(25-16-8-7-14(20)9-15(16)19)18(24)22(2)10-12-3-5-13(6-4-12)17(21)23/h3-9,11H,10H2,1-2H3,(H2,21,23). The Morgan fingerprint density at radius 1 is 1.24 bits per heavy atom. The van der Waals surface area contributed by atoms with Gasteiger partial charge in [-0.05, 0) is 58.7 Å². The highest BCUT2D eigenvalue weighted by atomic mass is 79.9. The molecule has 0 aliphatic rings. The predicted molar refractivity (Wildman–Crippen MR) is 95.6 cm³/mol. The summed E-state index contributed by atoms with van der Waals surface area (Å²) in [6, 6.07) is 10.7. The highest BCUT2D eigenvalue weighted by molar-refractivity contribution is 9.10. The summed E-state index contributed by atoms with van der Waals surface area (Å²) >= 11 is 3.21. The van der Waals surface area contributed by atoms with Gasteiger partial charge < -0.3 is 15.4 Å². The average molecular weight is 409 g/mol. The molecule has 132 valence electrons. The largest absolute Gasteiger partial charge is 0.480 e. The Balaban J connectivity index is 1.99. The van der Waals surface area contributed by atoms with E-state index in [9.17, 15) is 14.0 Å². The van der Waals surface area contributed by atoms with Gasteiger partial charge in [-0.15, -0.1) is 0 Å². The number of likely N-dealkylation sites (N-methyl/N-ethyl adjacent to an activating group) is 1. The van der Waals surface area contributed by atoms with Crippen molar-refractivity contribution in [3.8, 4) is 5.75 Å². The maximum Gasteiger partial charge on any atom is 0.263 e. The Morgan fingerprint density at radius 3 is 2.44 bits per heavy atom. The number of hydrogen-bond donors (Lipinski definition) is 1. The normalized spacial score (nSPS) is 11.7. The van der Waals surface area contributed by atoms with E-state index in [0.29, 0.717) is 22.3 Å².